The summed E-state index contributed by atoms with van der Waals surface area (Å²) in [5.41, 5.74) is 0.582. The summed E-state index contributed by atoms with van der Waals surface area (Å²) in [5, 5.41) is 0.346. The Morgan fingerprint density at radius 2 is 2.40 bits per heavy atom. The van der Waals surface area contributed by atoms with Crippen molar-refractivity contribution in [1.29, 1.82) is 0 Å². The molecule has 0 atom stereocenters. The summed E-state index contributed by atoms with van der Waals surface area (Å²) in [6.07, 6.45) is 3.56. The minimum Gasteiger partial charge on any atom is -0.341 e. The number of pyridine rings is 1. The summed E-state index contributed by atoms with van der Waals surface area (Å²) in [6.45, 7) is 0.736. The van der Waals surface area contributed by atoms with Crippen molar-refractivity contribution >= 4 is 29.3 Å². The number of amides is 1. The molecule has 0 radical (unpaired) electrons. The number of aromatic nitrogens is 1. The van der Waals surface area contributed by atoms with Gasteiger partial charge in [-0.25, -0.2) is 4.98 Å². The second kappa shape index (κ2) is 5.98. The fourth-order valence-corrected chi connectivity index (χ4v) is 1.72. The summed E-state index contributed by atoms with van der Waals surface area (Å²) in [7, 11) is 1.78. The van der Waals surface area contributed by atoms with E-state index in [4.69, 9.17) is 11.6 Å². The first-order chi connectivity index (χ1) is 7.15. The maximum Gasteiger partial charge on any atom is 0.253 e. The van der Waals surface area contributed by atoms with Gasteiger partial charge in [-0.3, -0.25) is 4.79 Å². The quantitative estimate of drug-likeness (QED) is 0.762. The molecule has 1 rings (SSSR count). The van der Waals surface area contributed by atoms with Gasteiger partial charge in [0.1, 0.15) is 5.15 Å². The van der Waals surface area contributed by atoms with Gasteiger partial charge in [-0.05, 0) is 18.4 Å². The summed E-state index contributed by atoms with van der Waals surface area (Å²) < 4.78 is 0. The minimum absolute atomic E-state index is 0.0200. The van der Waals surface area contributed by atoms with E-state index in [0.717, 1.165) is 12.3 Å². The van der Waals surface area contributed by atoms with Gasteiger partial charge in [0, 0.05) is 31.1 Å². The third kappa shape index (κ3) is 3.72. The predicted octanol–water partition coefficient (Wildman–Crippen LogP) is 2.17. The third-order valence-corrected chi connectivity index (χ3v) is 2.75. The average molecular weight is 245 g/mol. The van der Waals surface area contributed by atoms with Gasteiger partial charge in [-0.1, -0.05) is 11.6 Å². The van der Waals surface area contributed by atoms with Gasteiger partial charge >= 0.3 is 0 Å². The highest BCUT2D eigenvalue weighted by atomic mass is 35.5. The molecule has 0 saturated carbocycles. The lowest BCUT2D eigenvalue weighted by molar-refractivity contribution is 0.0803. The summed E-state index contributed by atoms with van der Waals surface area (Å²) >= 11 is 7.43. The lowest BCUT2D eigenvalue weighted by atomic mass is 10.2. The average Bonchev–Trinajstić information content (AvgIpc) is 2.24. The molecule has 0 bridgehead atoms. The minimum atomic E-state index is -0.0200. The molecule has 15 heavy (non-hydrogen) atoms. The van der Waals surface area contributed by atoms with Crippen molar-refractivity contribution in [1.82, 2.24) is 9.88 Å². The van der Waals surface area contributed by atoms with Crippen molar-refractivity contribution < 1.29 is 4.79 Å². The van der Waals surface area contributed by atoms with Crippen molar-refractivity contribution in [3.63, 3.8) is 0 Å². The molecule has 0 unspecified atom stereocenters. The predicted molar refractivity (Wildman–Crippen MR) is 64.6 cm³/mol. The summed E-state index contributed by atoms with van der Waals surface area (Å²) in [6, 6.07) is 3.25. The fraction of sp³-hybridized carbons (Fsp3) is 0.400. The highest BCUT2D eigenvalue weighted by Gasteiger charge is 2.11. The number of hydrogen-bond acceptors (Lipinski definition) is 3. The molecular formula is C10H13ClN2OS. The number of rotatable bonds is 4. The van der Waals surface area contributed by atoms with Crippen LogP contribution in [0.5, 0.6) is 0 Å². The number of halogens is 1. The van der Waals surface area contributed by atoms with Crippen LogP contribution >= 0.6 is 23.4 Å². The van der Waals surface area contributed by atoms with Crippen LogP contribution in [0, 0.1) is 0 Å². The zero-order chi connectivity index (χ0) is 11.3. The number of carbonyl (C=O) groups excluding carboxylic acids is 1. The molecule has 0 aromatic carbocycles. The van der Waals surface area contributed by atoms with E-state index in [2.05, 4.69) is 4.98 Å². The van der Waals surface area contributed by atoms with E-state index in [0.29, 0.717) is 10.7 Å². The van der Waals surface area contributed by atoms with Crippen LogP contribution in [-0.4, -0.2) is 41.4 Å². The van der Waals surface area contributed by atoms with E-state index >= 15 is 0 Å². The first kappa shape index (κ1) is 12.3. The van der Waals surface area contributed by atoms with Gasteiger partial charge in [0.15, 0.2) is 0 Å². The molecule has 1 aromatic rings. The van der Waals surface area contributed by atoms with Crippen LogP contribution in [0.4, 0.5) is 0 Å². The highest BCUT2D eigenvalue weighted by Crippen LogP contribution is 2.09. The largest absolute Gasteiger partial charge is 0.341 e. The molecule has 5 heteroatoms. The molecule has 1 heterocycles. The maximum absolute atomic E-state index is 11.8. The molecule has 0 spiro atoms. The van der Waals surface area contributed by atoms with E-state index in [1.54, 1.807) is 35.8 Å². The Balaban J connectivity index is 2.67. The van der Waals surface area contributed by atoms with E-state index in [1.165, 1.54) is 6.20 Å². The van der Waals surface area contributed by atoms with Gasteiger partial charge < -0.3 is 4.90 Å². The molecule has 0 aliphatic heterocycles. The van der Waals surface area contributed by atoms with Crippen LogP contribution in [0.15, 0.2) is 18.3 Å². The molecule has 0 aliphatic rings. The van der Waals surface area contributed by atoms with E-state index in [1.807, 2.05) is 6.26 Å². The number of carbonyl (C=O) groups is 1. The first-order valence-corrected chi connectivity index (χ1v) is 6.28. The molecule has 0 aliphatic carbocycles. The van der Waals surface area contributed by atoms with E-state index < -0.39 is 0 Å². The molecule has 0 saturated heterocycles. The smallest absolute Gasteiger partial charge is 0.253 e. The van der Waals surface area contributed by atoms with Gasteiger partial charge in [0.05, 0.1) is 0 Å². The third-order valence-electron chi connectivity index (χ3n) is 1.95. The van der Waals surface area contributed by atoms with Crippen molar-refractivity contribution in [3.05, 3.63) is 29.0 Å². The van der Waals surface area contributed by atoms with Crippen LogP contribution < -0.4 is 0 Å². The Bertz CT molecular complexity index is 346. The van der Waals surface area contributed by atoms with Gasteiger partial charge in [-0.15, -0.1) is 0 Å². The SMILES string of the molecule is CSCCN(C)C(=O)c1ccnc(Cl)c1. The van der Waals surface area contributed by atoms with Crippen LogP contribution in [0.25, 0.3) is 0 Å². The normalized spacial score (nSPS) is 10.1. The standard InChI is InChI=1S/C10H13ClN2OS/c1-13(5-6-15-2)10(14)8-3-4-12-9(11)7-8/h3-4,7H,5-6H2,1-2H3. The van der Waals surface area contributed by atoms with Gasteiger partial charge in [0.2, 0.25) is 0 Å². The van der Waals surface area contributed by atoms with Crippen molar-refractivity contribution in [3.8, 4) is 0 Å². The second-order valence-corrected chi connectivity index (χ2v) is 4.46. The molecule has 3 nitrogen and oxygen atoms in total. The highest BCUT2D eigenvalue weighted by molar-refractivity contribution is 7.98. The summed E-state index contributed by atoms with van der Waals surface area (Å²) in [5.74, 6) is 0.912. The Kier molecular flexibility index (Phi) is 4.91. The Hall–Kier alpha value is -0.740. The van der Waals surface area contributed by atoms with Crippen LogP contribution in [0.1, 0.15) is 10.4 Å². The Morgan fingerprint density at radius 1 is 1.67 bits per heavy atom. The van der Waals surface area contributed by atoms with Crippen molar-refractivity contribution in [2.45, 2.75) is 0 Å². The lowest BCUT2D eigenvalue weighted by Crippen LogP contribution is -2.28. The molecule has 0 N–H and O–H groups in total. The number of hydrogen-bond donors (Lipinski definition) is 0. The fourth-order valence-electron chi connectivity index (χ4n) is 1.09. The maximum atomic E-state index is 11.8. The van der Waals surface area contributed by atoms with E-state index in [-0.39, 0.29) is 5.91 Å². The lowest BCUT2D eigenvalue weighted by Gasteiger charge is -2.16. The topological polar surface area (TPSA) is 33.2 Å². The monoisotopic (exact) mass is 244 g/mol. The zero-order valence-corrected chi connectivity index (χ0v) is 10.3. The molecule has 1 aromatic heterocycles. The Labute approximate surface area is 98.8 Å². The molecule has 82 valence electrons. The zero-order valence-electron chi connectivity index (χ0n) is 8.74. The Morgan fingerprint density at radius 3 is 3.00 bits per heavy atom. The first-order valence-electron chi connectivity index (χ1n) is 4.51. The summed E-state index contributed by atoms with van der Waals surface area (Å²) in [4.78, 5) is 17.3. The molecule has 0 fully saturated rings. The number of nitrogens with zero attached hydrogens (tertiary/aromatic N) is 2. The second-order valence-electron chi connectivity index (χ2n) is 3.09. The van der Waals surface area contributed by atoms with Gasteiger partial charge in [-0.2, -0.15) is 11.8 Å². The van der Waals surface area contributed by atoms with Crippen molar-refractivity contribution in [2.24, 2.45) is 0 Å². The van der Waals surface area contributed by atoms with Crippen LogP contribution in [0.2, 0.25) is 5.15 Å². The van der Waals surface area contributed by atoms with Gasteiger partial charge in [0.25, 0.3) is 5.91 Å². The van der Waals surface area contributed by atoms with Crippen LogP contribution in [0.3, 0.4) is 0 Å². The van der Waals surface area contributed by atoms with E-state index in [9.17, 15) is 4.79 Å². The molecule has 1 amide bonds. The van der Waals surface area contributed by atoms with Crippen LogP contribution in [-0.2, 0) is 0 Å². The van der Waals surface area contributed by atoms with Crippen molar-refractivity contribution in [2.75, 3.05) is 25.6 Å². The number of thioether (sulfide) groups is 1. The molecular weight excluding hydrogens is 232 g/mol.